The highest BCUT2D eigenvalue weighted by atomic mass is 79.9. The third-order valence-corrected chi connectivity index (χ3v) is 2.35. The molecule has 0 fully saturated rings. The zero-order chi connectivity index (χ0) is 13.9. The average molecular weight is 331 g/mol. The van der Waals surface area contributed by atoms with Crippen LogP contribution in [-0.4, -0.2) is 23.4 Å². The summed E-state index contributed by atoms with van der Waals surface area (Å²) in [5.41, 5.74) is 0.0250. The van der Waals surface area contributed by atoms with Crippen LogP contribution in [0.1, 0.15) is 5.56 Å². The summed E-state index contributed by atoms with van der Waals surface area (Å²) in [6, 6.07) is 0.830. The molecule has 1 aromatic rings. The predicted molar refractivity (Wildman–Crippen MR) is 56.8 cm³/mol. The SMILES string of the molecule is COc1cc(OC(F)(F)F)nc([N+](=O)[O-])c1CBr. The van der Waals surface area contributed by atoms with Crippen LogP contribution in [0.3, 0.4) is 0 Å². The van der Waals surface area contributed by atoms with E-state index in [9.17, 15) is 23.3 Å². The molecule has 0 aromatic carbocycles. The molecule has 0 unspecified atom stereocenters. The molecule has 0 aliphatic carbocycles. The van der Waals surface area contributed by atoms with E-state index in [1.165, 1.54) is 7.11 Å². The fourth-order valence-electron chi connectivity index (χ4n) is 1.14. The van der Waals surface area contributed by atoms with Gasteiger partial charge in [-0.1, -0.05) is 15.9 Å². The first-order valence-electron chi connectivity index (χ1n) is 4.32. The molecule has 0 atom stereocenters. The summed E-state index contributed by atoms with van der Waals surface area (Å²) in [6.45, 7) is 0. The number of nitrogens with zero attached hydrogens (tertiary/aromatic N) is 2. The first-order chi connectivity index (χ1) is 8.28. The molecule has 100 valence electrons. The lowest BCUT2D eigenvalue weighted by molar-refractivity contribution is -0.390. The second-order valence-electron chi connectivity index (χ2n) is 2.90. The third kappa shape index (κ3) is 3.45. The van der Waals surface area contributed by atoms with E-state index < -0.39 is 23.0 Å². The van der Waals surface area contributed by atoms with Gasteiger partial charge in [0.1, 0.15) is 11.3 Å². The normalized spacial score (nSPS) is 11.2. The van der Waals surface area contributed by atoms with E-state index in [0.29, 0.717) is 0 Å². The predicted octanol–water partition coefficient (Wildman–Crippen LogP) is 2.79. The van der Waals surface area contributed by atoms with Gasteiger partial charge in [-0.05, 0) is 4.92 Å². The number of methoxy groups -OCH3 is 1. The summed E-state index contributed by atoms with van der Waals surface area (Å²) in [4.78, 5) is 13.0. The third-order valence-electron chi connectivity index (χ3n) is 1.78. The van der Waals surface area contributed by atoms with Gasteiger partial charge in [0, 0.05) is 10.3 Å². The monoisotopic (exact) mass is 330 g/mol. The number of rotatable bonds is 4. The van der Waals surface area contributed by atoms with Gasteiger partial charge in [0.25, 0.3) is 0 Å². The lowest BCUT2D eigenvalue weighted by Crippen LogP contribution is -2.18. The molecule has 0 aliphatic rings. The molecule has 1 aromatic heterocycles. The molecule has 10 heteroatoms. The maximum absolute atomic E-state index is 12.0. The summed E-state index contributed by atoms with van der Waals surface area (Å²) < 4.78 is 44.3. The summed E-state index contributed by atoms with van der Waals surface area (Å²) >= 11 is 2.97. The van der Waals surface area contributed by atoms with Gasteiger partial charge in [0.05, 0.1) is 13.2 Å². The van der Waals surface area contributed by atoms with E-state index in [1.54, 1.807) is 0 Å². The van der Waals surface area contributed by atoms with Crippen LogP contribution in [0.25, 0.3) is 0 Å². The lowest BCUT2D eigenvalue weighted by Gasteiger charge is -2.09. The first kappa shape index (κ1) is 14.5. The number of halogens is 4. The fraction of sp³-hybridized carbons (Fsp3) is 0.375. The largest absolute Gasteiger partial charge is 0.575 e. The Morgan fingerprint density at radius 1 is 1.56 bits per heavy atom. The van der Waals surface area contributed by atoms with E-state index >= 15 is 0 Å². The smallest absolute Gasteiger partial charge is 0.496 e. The van der Waals surface area contributed by atoms with E-state index in [2.05, 4.69) is 25.7 Å². The van der Waals surface area contributed by atoms with Gasteiger partial charge in [0.2, 0.25) is 0 Å². The van der Waals surface area contributed by atoms with Gasteiger partial charge >= 0.3 is 18.1 Å². The average Bonchev–Trinajstić information content (AvgIpc) is 2.25. The van der Waals surface area contributed by atoms with Crippen molar-refractivity contribution < 1.29 is 27.6 Å². The van der Waals surface area contributed by atoms with Gasteiger partial charge in [-0.2, -0.15) is 0 Å². The van der Waals surface area contributed by atoms with Crippen molar-refractivity contribution in [3.8, 4) is 11.6 Å². The van der Waals surface area contributed by atoms with Crippen molar-refractivity contribution in [3.63, 3.8) is 0 Å². The molecule has 0 bridgehead atoms. The Hall–Kier alpha value is -1.58. The molecule has 0 amide bonds. The quantitative estimate of drug-likeness (QED) is 0.482. The van der Waals surface area contributed by atoms with Crippen LogP contribution in [0, 0.1) is 10.1 Å². The first-order valence-corrected chi connectivity index (χ1v) is 5.44. The standard InChI is InChI=1S/C8H6BrF3N2O4/c1-17-5-2-6(18-8(10,11)12)13-7(14(15)16)4(5)3-9/h2H,3H2,1H3. The Morgan fingerprint density at radius 2 is 2.17 bits per heavy atom. The number of pyridine rings is 1. The van der Waals surface area contributed by atoms with Crippen molar-refractivity contribution >= 4 is 21.7 Å². The van der Waals surface area contributed by atoms with Gasteiger partial charge in [-0.15, -0.1) is 13.2 Å². The molecule has 0 radical (unpaired) electrons. The molecule has 0 saturated carbocycles. The van der Waals surface area contributed by atoms with Crippen LogP contribution in [0.15, 0.2) is 6.07 Å². The van der Waals surface area contributed by atoms with Crippen molar-refractivity contribution in [3.05, 3.63) is 21.7 Å². The van der Waals surface area contributed by atoms with Crippen molar-refractivity contribution in [1.29, 1.82) is 0 Å². The van der Waals surface area contributed by atoms with E-state index in [4.69, 9.17) is 4.74 Å². The Labute approximate surface area is 107 Å². The molecular formula is C8H6BrF3N2O4. The van der Waals surface area contributed by atoms with Crippen LogP contribution in [-0.2, 0) is 5.33 Å². The van der Waals surface area contributed by atoms with Crippen LogP contribution in [0.4, 0.5) is 19.0 Å². The van der Waals surface area contributed by atoms with E-state index in [-0.39, 0.29) is 16.6 Å². The number of nitro groups is 1. The van der Waals surface area contributed by atoms with Crippen LogP contribution >= 0.6 is 15.9 Å². The van der Waals surface area contributed by atoms with Gasteiger partial charge in [-0.3, -0.25) is 0 Å². The van der Waals surface area contributed by atoms with Gasteiger partial charge in [-0.25, -0.2) is 0 Å². The second-order valence-corrected chi connectivity index (χ2v) is 3.46. The Bertz CT molecular complexity index is 466. The highest BCUT2D eigenvalue weighted by Crippen LogP contribution is 2.34. The Kier molecular flexibility index (Phi) is 4.33. The maximum atomic E-state index is 12.0. The number of hydrogen-bond donors (Lipinski definition) is 0. The van der Waals surface area contributed by atoms with E-state index in [1.807, 2.05) is 0 Å². The molecular weight excluding hydrogens is 325 g/mol. The fourth-order valence-corrected chi connectivity index (χ4v) is 1.67. The minimum absolute atomic E-state index is 0.00574. The summed E-state index contributed by atoms with van der Waals surface area (Å²) in [5, 5.41) is 10.7. The van der Waals surface area contributed by atoms with Gasteiger partial charge < -0.3 is 19.6 Å². The number of hydrogen-bond acceptors (Lipinski definition) is 5. The summed E-state index contributed by atoms with van der Waals surface area (Å²) in [7, 11) is 1.17. The minimum Gasteiger partial charge on any atom is -0.496 e. The molecule has 1 heterocycles. The maximum Gasteiger partial charge on any atom is 0.575 e. The molecule has 6 nitrogen and oxygen atoms in total. The molecule has 0 aliphatic heterocycles. The van der Waals surface area contributed by atoms with Gasteiger partial charge in [0.15, 0.2) is 0 Å². The lowest BCUT2D eigenvalue weighted by atomic mass is 10.2. The topological polar surface area (TPSA) is 74.5 Å². The number of aromatic nitrogens is 1. The van der Waals surface area contributed by atoms with Crippen molar-refractivity contribution in [2.24, 2.45) is 0 Å². The molecule has 0 saturated heterocycles. The van der Waals surface area contributed by atoms with Crippen LogP contribution < -0.4 is 9.47 Å². The highest BCUT2D eigenvalue weighted by molar-refractivity contribution is 9.08. The zero-order valence-corrected chi connectivity index (χ0v) is 10.4. The Balaban J connectivity index is 3.32. The highest BCUT2D eigenvalue weighted by Gasteiger charge is 2.35. The van der Waals surface area contributed by atoms with Crippen molar-refractivity contribution in [2.75, 3.05) is 7.11 Å². The summed E-state index contributed by atoms with van der Waals surface area (Å²) in [5.74, 6) is -1.82. The van der Waals surface area contributed by atoms with Crippen molar-refractivity contribution in [2.45, 2.75) is 11.7 Å². The number of ether oxygens (including phenoxy) is 2. The molecule has 1 rings (SSSR count). The van der Waals surface area contributed by atoms with E-state index in [0.717, 1.165) is 6.07 Å². The molecule has 18 heavy (non-hydrogen) atoms. The molecule has 0 N–H and O–H groups in total. The molecule has 0 spiro atoms. The zero-order valence-electron chi connectivity index (χ0n) is 8.82. The summed E-state index contributed by atoms with van der Waals surface area (Å²) in [6.07, 6.45) is -4.98. The van der Waals surface area contributed by atoms with Crippen LogP contribution in [0.5, 0.6) is 11.6 Å². The number of alkyl halides is 4. The van der Waals surface area contributed by atoms with Crippen molar-refractivity contribution in [1.82, 2.24) is 4.98 Å². The minimum atomic E-state index is -4.98. The van der Waals surface area contributed by atoms with Crippen LogP contribution in [0.2, 0.25) is 0 Å². The Morgan fingerprint density at radius 3 is 2.56 bits per heavy atom. The second kappa shape index (κ2) is 5.38.